The van der Waals surface area contributed by atoms with Crippen molar-refractivity contribution in [3.05, 3.63) is 35.2 Å². The fourth-order valence-corrected chi connectivity index (χ4v) is 1.89. The molecule has 0 spiro atoms. The van der Waals surface area contributed by atoms with Gasteiger partial charge in [-0.1, -0.05) is 44.0 Å². The van der Waals surface area contributed by atoms with E-state index in [-0.39, 0.29) is 0 Å². The van der Waals surface area contributed by atoms with E-state index in [4.69, 9.17) is 11.6 Å². The highest BCUT2D eigenvalue weighted by Gasteiger charge is 2.08. The van der Waals surface area contributed by atoms with E-state index in [2.05, 4.69) is 23.8 Å². The lowest BCUT2D eigenvalue weighted by molar-refractivity contribution is 0.544. The van der Waals surface area contributed by atoms with Gasteiger partial charge in [-0.05, 0) is 18.1 Å². The molecule has 0 bridgehead atoms. The molecule has 3 heteroatoms. The molecule has 0 radical (unpaired) electrons. The molecule has 0 fully saturated rings. The molecule has 2 aromatic rings. The molecule has 1 aromatic heterocycles. The Bertz CT molecular complexity index is 496. The SMILES string of the molecule is CCC(C)Cc1nc(Cl)c2ccccc2n1. The van der Waals surface area contributed by atoms with Crippen molar-refractivity contribution in [1.29, 1.82) is 0 Å². The number of fused-ring (bicyclic) bond motifs is 1. The molecule has 0 saturated carbocycles. The Morgan fingerprint density at radius 2 is 2.00 bits per heavy atom. The van der Waals surface area contributed by atoms with Crippen LogP contribution in [0.3, 0.4) is 0 Å². The van der Waals surface area contributed by atoms with Crippen LogP contribution in [-0.2, 0) is 6.42 Å². The van der Waals surface area contributed by atoms with Gasteiger partial charge < -0.3 is 0 Å². The summed E-state index contributed by atoms with van der Waals surface area (Å²) in [5.74, 6) is 1.44. The van der Waals surface area contributed by atoms with Gasteiger partial charge in [-0.25, -0.2) is 9.97 Å². The summed E-state index contributed by atoms with van der Waals surface area (Å²) in [6, 6.07) is 7.85. The van der Waals surface area contributed by atoms with E-state index < -0.39 is 0 Å². The summed E-state index contributed by atoms with van der Waals surface area (Å²) in [6.45, 7) is 4.37. The first-order valence-electron chi connectivity index (χ1n) is 5.62. The van der Waals surface area contributed by atoms with E-state index in [0.29, 0.717) is 11.1 Å². The van der Waals surface area contributed by atoms with Crippen LogP contribution in [0.4, 0.5) is 0 Å². The first-order valence-corrected chi connectivity index (χ1v) is 5.99. The van der Waals surface area contributed by atoms with Crippen LogP contribution < -0.4 is 0 Å². The summed E-state index contributed by atoms with van der Waals surface area (Å²) in [4.78, 5) is 8.87. The van der Waals surface area contributed by atoms with E-state index in [1.807, 2.05) is 24.3 Å². The van der Waals surface area contributed by atoms with E-state index in [0.717, 1.165) is 29.6 Å². The van der Waals surface area contributed by atoms with Crippen LogP contribution in [-0.4, -0.2) is 9.97 Å². The molecule has 2 nitrogen and oxygen atoms in total. The van der Waals surface area contributed by atoms with Gasteiger partial charge in [0.15, 0.2) is 0 Å². The maximum absolute atomic E-state index is 6.14. The molecular weight excluding hydrogens is 220 g/mol. The summed E-state index contributed by atoms with van der Waals surface area (Å²) in [6.07, 6.45) is 2.02. The molecule has 2 rings (SSSR count). The molecule has 0 N–H and O–H groups in total. The fraction of sp³-hybridized carbons (Fsp3) is 0.385. The van der Waals surface area contributed by atoms with Gasteiger partial charge in [-0.15, -0.1) is 0 Å². The number of benzene rings is 1. The van der Waals surface area contributed by atoms with Gasteiger partial charge in [0.25, 0.3) is 0 Å². The molecule has 0 saturated heterocycles. The maximum atomic E-state index is 6.14. The van der Waals surface area contributed by atoms with Gasteiger partial charge in [0.2, 0.25) is 0 Å². The average Bonchev–Trinajstić information content (AvgIpc) is 2.29. The molecule has 1 aromatic carbocycles. The smallest absolute Gasteiger partial charge is 0.140 e. The van der Waals surface area contributed by atoms with Crippen molar-refractivity contribution in [2.75, 3.05) is 0 Å². The maximum Gasteiger partial charge on any atom is 0.140 e. The van der Waals surface area contributed by atoms with Crippen molar-refractivity contribution in [2.45, 2.75) is 26.7 Å². The summed E-state index contributed by atoms with van der Waals surface area (Å²) in [7, 11) is 0. The second-order valence-electron chi connectivity index (χ2n) is 4.17. The third-order valence-corrected chi connectivity index (χ3v) is 3.12. The molecule has 0 amide bonds. The van der Waals surface area contributed by atoms with Gasteiger partial charge in [-0.2, -0.15) is 0 Å². The van der Waals surface area contributed by atoms with Crippen LogP contribution in [0.1, 0.15) is 26.1 Å². The monoisotopic (exact) mass is 234 g/mol. The Balaban J connectivity index is 2.41. The predicted molar refractivity (Wildman–Crippen MR) is 67.7 cm³/mol. The summed E-state index contributed by atoms with van der Waals surface area (Å²) < 4.78 is 0. The Labute approximate surface area is 101 Å². The highest BCUT2D eigenvalue weighted by molar-refractivity contribution is 6.34. The van der Waals surface area contributed by atoms with Crippen molar-refractivity contribution in [1.82, 2.24) is 9.97 Å². The lowest BCUT2D eigenvalue weighted by Gasteiger charge is -2.08. The minimum atomic E-state index is 0.559. The zero-order valence-corrected chi connectivity index (χ0v) is 10.3. The molecule has 0 aliphatic heterocycles. The topological polar surface area (TPSA) is 25.8 Å². The standard InChI is InChI=1S/C13H15ClN2/c1-3-9(2)8-12-15-11-7-5-4-6-10(11)13(14)16-12/h4-7,9H,3,8H2,1-2H3. The molecule has 1 atom stereocenters. The van der Waals surface area contributed by atoms with Gasteiger partial charge >= 0.3 is 0 Å². The van der Waals surface area contributed by atoms with Crippen molar-refractivity contribution < 1.29 is 0 Å². The van der Waals surface area contributed by atoms with Crippen molar-refractivity contribution >= 4 is 22.5 Å². The summed E-state index contributed by atoms with van der Waals surface area (Å²) in [5.41, 5.74) is 0.931. The molecule has 84 valence electrons. The minimum Gasteiger partial charge on any atom is -0.233 e. The second kappa shape index (κ2) is 4.79. The predicted octanol–water partition coefficient (Wildman–Crippen LogP) is 3.87. The Morgan fingerprint density at radius 3 is 2.75 bits per heavy atom. The molecule has 0 aliphatic carbocycles. The zero-order chi connectivity index (χ0) is 11.5. The van der Waals surface area contributed by atoms with Crippen LogP contribution >= 0.6 is 11.6 Å². The Hall–Kier alpha value is -1.15. The lowest BCUT2D eigenvalue weighted by Crippen LogP contribution is -2.03. The first kappa shape index (κ1) is 11.3. The van der Waals surface area contributed by atoms with Gasteiger partial charge in [0, 0.05) is 11.8 Å². The molecule has 16 heavy (non-hydrogen) atoms. The van der Waals surface area contributed by atoms with E-state index in [1.165, 1.54) is 0 Å². The number of rotatable bonds is 3. The largest absolute Gasteiger partial charge is 0.233 e. The summed E-state index contributed by atoms with van der Waals surface area (Å²) in [5, 5.41) is 1.49. The average molecular weight is 235 g/mol. The minimum absolute atomic E-state index is 0.559. The first-order chi connectivity index (χ1) is 7.70. The molecule has 1 unspecified atom stereocenters. The van der Waals surface area contributed by atoms with Gasteiger partial charge in [0.1, 0.15) is 11.0 Å². The number of para-hydroxylation sites is 1. The van der Waals surface area contributed by atoms with Gasteiger partial charge in [0.05, 0.1) is 5.52 Å². The Kier molecular flexibility index (Phi) is 3.39. The highest BCUT2D eigenvalue weighted by atomic mass is 35.5. The van der Waals surface area contributed by atoms with E-state index in [9.17, 15) is 0 Å². The quantitative estimate of drug-likeness (QED) is 0.754. The van der Waals surface area contributed by atoms with Crippen LogP contribution in [0.25, 0.3) is 10.9 Å². The summed E-state index contributed by atoms with van der Waals surface area (Å²) >= 11 is 6.14. The van der Waals surface area contributed by atoms with Crippen molar-refractivity contribution in [3.8, 4) is 0 Å². The second-order valence-corrected chi connectivity index (χ2v) is 4.52. The third-order valence-electron chi connectivity index (χ3n) is 2.83. The number of halogens is 1. The fourth-order valence-electron chi connectivity index (χ4n) is 1.63. The number of aromatic nitrogens is 2. The Morgan fingerprint density at radius 1 is 1.25 bits per heavy atom. The zero-order valence-electron chi connectivity index (χ0n) is 9.57. The van der Waals surface area contributed by atoms with Crippen LogP contribution in [0.15, 0.2) is 24.3 Å². The van der Waals surface area contributed by atoms with Crippen molar-refractivity contribution in [2.24, 2.45) is 5.92 Å². The number of nitrogens with zero attached hydrogens (tertiary/aromatic N) is 2. The van der Waals surface area contributed by atoms with Crippen molar-refractivity contribution in [3.63, 3.8) is 0 Å². The van der Waals surface area contributed by atoms with Crippen LogP contribution in [0, 0.1) is 5.92 Å². The number of hydrogen-bond acceptors (Lipinski definition) is 2. The number of hydrogen-bond donors (Lipinski definition) is 0. The van der Waals surface area contributed by atoms with E-state index >= 15 is 0 Å². The molecule has 0 aliphatic rings. The normalized spacial score (nSPS) is 12.9. The highest BCUT2D eigenvalue weighted by Crippen LogP contribution is 2.21. The van der Waals surface area contributed by atoms with Gasteiger partial charge in [-0.3, -0.25) is 0 Å². The molecule has 1 heterocycles. The van der Waals surface area contributed by atoms with E-state index in [1.54, 1.807) is 0 Å². The van der Waals surface area contributed by atoms with Crippen LogP contribution in [0.2, 0.25) is 5.15 Å². The van der Waals surface area contributed by atoms with Crippen LogP contribution in [0.5, 0.6) is 0 Å². The molecular formula is C13H15ClN2. The third kappa shape index (κ3) is 2.33. The lowest BCUT2D eigenvalue weighted by atomic mass is 10.0.